The number of hydrogen-bond acceptors (Lipinski definition) is 2. The van der Waals surface area contributed by atoms with Crippen LogP contribution in [0.15, 0.2) is 30.3 Å². The fourth-order valence-electron chi connectivity index (χ4n) is 2.43. The van der Waals surface area contributed by atoms with E-state index in [-0.39, 0.29) is 0 Å². The summed E-state index contributed by atoms with van der Waals surface area (Å²) in [7, 11) is 0. The highest BCUT2D eigenvalue weighted by Crippen LogP contribution is 2.37. The molecular formula is C15H12Cl3N3. The second kappa shape index (κ2) is 5.41. The van der Waals surface area contributed by atoms with Crippen LogP contribution in [-0.4, -0.2) is 9.55 Å². The second-order valence-corrected chi connectivity index (χ2v) is 5.89. The number of aromatic nitrogens is 2. The first-order valence-corrected chi connectivity index (χ1v) is 7.56. The first-order valence-electron chi connectivity index (χ1n) is 6.42. The molecule has 0 aliphatic rings. The summed E-state index contributed by atoms with van der Waals surface area (Å²) in [6, 6.07) is 9.02. The molecular weight excluding hydrogens is 329 g/mol. The summed E-state index contributed by atoms with van der Waals surface area (Å²) in [6.45, 7) is 2.73. The number of imidazole rings is 1. The minimum absolute atomic E-state index is 0.415. The normalized spacial score (nSPS) is 11.2. The average molecular weight is 341 g/mol. The van der Waals surface area contributed by atoms with E-state index in [1.54, 1.807) is 12.1 Å². The Hall–Kier alpha value is -1.42. The fraction of sp³-hybridized carbons (Fsp3) is 0.133. The van der Waals surface area contributed by atoms with Gasteiger partial charge in [0.2, 0.25) is 0 Å². The summed E-state index contributed by atoms with van der Waals surface area (Å²) in [6.07, 6.45) is 0. The number of anilines is 1. The molecule has 2 N–H and O–H groups in total. The molecule has 0 bridgehead atoms. The molecule has 0 atom stereocenters. The van der Waals surface area contributed by atoms with Gasteiger partial charge in [-0.05, 0) is 31.2 Å². The van der Waals surface area contributed by atoms with Crippen LogP contribution in [0.4, 0.5) is 5.69 Å². The van der Waals surface area contributed by atoms with E-state index in [9.17, 15) is 0 Å². The van der Waals surface area contributed by atoms with E-state index in [0.717, 1.165) is 11.0 Å². The Labute approximate surface area is 137 Å². The fourth-order valence-corrected chi connectivity index (χ4v) is 3.19. The molecule has 0 unspecified atom stereocenters. The summed E-state index contributed by atoms with van der Waals surface area (Å²) >= 11 is 18.5. The van der Waals surface area contributed by atoms with Crippen LogP contribution in [0.3, 0.4) is 0 Å². The Morgan fingerprint density at radius 3 is 2.62 bits per heavy atom. The maximum Gasteiger partial charge on any atom is 0.143 e. The van der Waals surface area contributed by atoms with Crippen LogP contribution in [0.5, 0.6) is 0 Å². The molecule has 0 aliphatic heterocycles. The van der Waals surface area contributed by atoms with Crippen LogP contribution in [-0.2, 0) is 6.54 Å². The largest absolute Gasteiger partial charge is 0.397 e. The van der Waals surface area contributed by atoms with E-state index >= 15 is 0 Å². The summed E-state index contributed by atoms with van der Waals surface area (Å²) in [5, 5.41) is 1.59. The van der Waals surface area contributed by atoms with Crippen molar-refractivity contribution in [1.29, 1.82) is 0 Å². The van der Waals surface area contributed by atoms with E-state index < -0.39 is 0 Å². The lowest BCUT2D eigenvalue weighted by atomic mass is 10.1. The second-order valence-electron chi connectivity index (χ2n) is 4.64. The molecule has 0 spiro atoms. The lowest BCUT2D eigenvalue weighted by Crippen LogP contribution is -2.01. The molecule has 3 rings (SSSR count). The zero-order chi connectivity index (χ0) is 15.1. The minimum atomic E-state index is 0.415. The summed E-state index contributed by atoms with van der Waals surface area (Å²) in [5.74, 6) is 0.711. The molecule has 0 fully saturated rings. The van der Waals surface area contributed by atoms with Crippen LogP contribution in [0.1, 0.15) is 6.92 Å². The summed E-state index contributed by atoms with van der Waals surface area (Å²) < 4.78 is 2.01. The third kappa shape index (κ3) is 2.35. The van der Waals surface area contributed by atoms with Crippen molar-refractivity contribution in [2.24, 2.45) is 0 Å². The summed E-state index contributed by atoms with van der Waals surface area (Å²) in [5.41, 5.74) is 8.96. The average Bonchev–Trinajstić information content (AvgIpc) is 2.82. The number of nitrogens with two attached hydrogens (primary N) is 1. The van der Waals surface area contributed by atoms with Crippen LogP contribution < -0.4 is 5.73 Å². The van der Waals surface area contributed by atoms with Gasteiger partial charge in [0.1, 0.15) is 5.82 Å². The molecule has 1 aromatic heterocycles. The molecule has 0 amide bonds. The van der Waals surface area contributed by atoms with Gasteiger partial charge in [-0.3, -0.25) is 0 Å². The Balaban J connectivity index is 2.38. The third-order valence-corrected chi connectivity index (χ3v) is 4.20. The van der Waals surface area contributed by atoms with Gasteiger partial charge in [-0.1, -0.05) is 40.9 Å². The maximum absolute atomic E-state index is 6.30. The van der Waals surface area contributed by atoms with Crippen LogP contribution in [0, 0.1) is 0 Å². The van der Waals surface area contributed by atoms with Gasteiger partial charge >= 0.3 is 0 Å². The predicted octanol–water partition coefficient (Wildman–Crippen LogP) is 5.27. The minimum Gasteiger partial charge on any atom is -0.397 e. The van der Waals surface area contributed by atoms with E-state index in [4.69, 9.17) is 40.5 Å². The first-order chi connectivity index (χ1) is 10.0. The topological polar surface area (TPSA) is 43.8 Å². The van der Waals surface area contributed by atoms with E-state index in [2.05, 4.69) is 4.98 Å². The van der Waals surface area contributed by atoms with E-state index in [1.807, 2.05) is 29.7 Å². The van der Waals surface area contributed by atoms with Crippen LogP contribution >= 0.6 is 34.8 Å². The van der Waals surface area contributed by atoms with Crippen molar-refractivity contribution >= 4 is 51.5 Å². The lowest BCUT2D eigenvalue weighted by molar-refractivity contribution is 0.797. The Bertz CT molecular complexity index is 840. The van der Waals surface area contributed by atoms with Gasteiger partial charge < -0.3 is 10.3 Å². The van der Waals surface area contributed by atoms with Gasteiger partial charge in [-0.25, -0.2) is 4.98 Å². The molecule has 21 heavy (non-hydrogen) atoms. The molecule has 0 aliphatic carbocycles. The zero-order valence-corrected chi connectivity index (χ0v) is 13.5. The van der Waals surface area contributed by atoms with Crippen molar-refractivity contribution in [3.8, 4) is 11.4 Å². The van der Waals surface area contributed by atoms with Gasteiger partial charge in [-0.2, -0.15) is 0 Å². The van der Waals surface area contributed by atoms with Crippen molar-refractivity contribution in [3.63, 3.8) is 0 Å². The molecule has 3 nitrogen and oxygen atoms in total. The van der Waals surface area contributed by atoms with Crippen molar-refractivity contribution in [2.45, 2.75) is 13.5 Å². The number of aryl methyl sites for hydroxylation is 1. The number of halogens is 3. The van der Waals surface area contributed by atoms with Gasteiger partial charge in [0.15, 0.2) is 0 Å². The maximum atomic E-state index is 6.30. The molecule has 108 valence electrons. The van der Waals surface area contributed by atoms with Gasteiger partial charge in [-0.15, -0.1) is 0 Å². The van der Waals surface area contributed by atoms with Crippen molar-refractivity contribution in [3.05, 3.63) is 45.4 Å². The number of hydrogen-bond donors (Lipinski definition) is 1. The van der Waals surface area contributed by atoms with Crippen LogP contribution in [0.25, 0.3) is 22.4 Å². The van der Waals surface area contributed by atoms with E-state index in [0.29, 0.717) is 38.7 Å². The first kappa shape index (κ1) is 14.5. The molecule has 3 aromatic rings. The Kier molecular flexibility index (Phi) is 3.74. The van der Waals surface area contributed by atoms with Gasteiger partial charge in [0.05, 0.1) is 26.8 Å². The van der Waals surface area contributed by atoms with Crippen molar-refractivity contribution in [1.82, 2.24) is 9.55 Å². The Morgan fingerprint density at radius 2 is 1.90 bits per heavy atom. The number of nitrogen functional groups attached to an aromatic ring is 1. The summed E-state index contributed by atoms with van der Waals surface area (Å²) in [4.78, 5) is 4.64. The Morgan fingerprint density at radius 1 is 1.14 bits per heavy atom. The predicted molar refractivity (Wildman–Crippen MR) is 90.3 cm³/mol. The highest BCUT2D eigenvalue weighted by molar-refractivity contribution is 6.37. The van der Waals surface area contributed by atoms with Crippen molar-refractivity contribution < 1.29 is 0 Å². The molecule has 2 aromatic carbocycles. The number of para-hydroxylation sites is 1. The van der Waals surface area contributed by atoms with Gasteiger partial charge in [0.25, 0.3) is 0 Å². The van der Waals surface area contributed by atoms with Gasteiger partial charge in [0, 0.05) is 17.1 Å². The molecule has 6 heteroatoms. The number of fused-ring (bicyclic) bond motifs is 1. The highest BCUT2D eigenvalue weighted by atomic mass is 35.5. The standard InChI is InChI=1S/C15H12Cl3N3/c1-2-21-14-10(17)4-3-5-12(14)20-15(21)9-6-8(16)7-11(18)13(9)19/h3-7H,2,19H2,1H3. The highest BCUT2D eigenvalue weighted by Gasteiger charge is 2.17. The number of nitrogens with zero attached hydrogens (tertiary/aromatic N) is 2. The number of rotatable bonds is 2. The lowest BCUT2D eigenvalue weighted by Gasteiger charge is -2.10. The zero-order valence-electron chi connectivity index (χ0n) is 11.2. The SMILES string of the molecule is CCn1c(-c2cc(Cl)cc(Cl)c2N)nc2cccc(Cl)c21. The van der Waals surface area contributed by atoms with E-state index in [1.165, 1.54) is 0 Å². The molecule has 0 saturated carbocycles. The van der Waals surface area contributed by atoms with Crippen molar-refractivity contribution in [2.75, 3.05) is 5.73 Å². The quantitative estimate of drug-likeness (QED) is 0.646. The molecule has 0 saturated heterocycles. The monoisotopic (exact) mass is 339 g/mol. The van der Waals surface area contributed by atoms with Crippen LogP contribution in [0.2, 0.25) is 15.1 Å². The number of benzene rings is 2. The molecule has 1 heterocycles. The third-order valence-electron chi connectivity index (χ3n) is 3.37. The molecule has 0 radical (unpaired) electrons. The smallest absolute Gasteiger partial charge is 0.143 e.